The smallest absolute Gasteiger partial charge is 0.281 e. The number of allylic oxidation sites excluding steroid dienone is 1. The molecule has 27 heavy (non-hydrogen) atoms. The lowest BCUT2D eigenvalue weighted by atomic mass is 10.2. The largest absolute Gasteiger partial charge is 0.486 e. The Bertz CT molecular complexity index is 1140. The third kappa shape index (κ3) is 3.36. The molecule has 0 unspecified atom stereocenters. The van der Waals surface area contributed by atoms with E-state index in [9.17, 15) is 9.18 Å². The molecule has 0 spiro atoms. The van der Waals surface area contributed by atoms with Crippen LogP contribution in [0.15, 0.2) is 48.0 Å². The Kier molecular flexibility index (Phi) is 4.72. The lowest BCUT2D eigenvalue weighted by molar-refractivity contribution is 0.0998. The summed E-state index contributed by atoms with van der Waals surface area (Å²) in [6, 6.07) is 7.35. The molecule has 1 aliphatic heterocycles. The molecule has 0 saturated heterocycles. The second-order valence-corrected chi connectivity index (χ2v) is 7.20. The van der Waals surface area contributed by atoms with Crippen LogP contribution < -0.4 is 14.3 Å². The van der Waals surface area contributed by atoms with Crippen molar-refractivity contribution in [2.45, 2.75) is 6.54 Å². The van der Waals surface area contributed by atoms with Crippen LogP contribution in [0, 0.1) is 5.82 Å². The fourth-order valence-electron chi connectivity index (χ4n) is 2.81. The van der Waals surface area contributed by atoms with E-state index in [-0.39, 0.29) is 10.6 Å². The van der Waals surface area contributed by atoms with E-state index in [2.05, 4.69) is 11.6 Å². The summed E-state index contributed by atoms with van der Waals surface area (Å²) in [6.45, 7) is 5.22. The number of amides is 1. The van der Waals surface area contributed by atoms with Gasteiger partial charge in [-0.1, -0.05) is 29.0 Å². The molecular formula is C19H14ClFN2O3S. The van der Waals surface area contributed by atoms with E-state index in [1.54, 1.807) is 6.08 Å². The van der Waals surface area contributed by atoms with Gasteiger partial charge in [0, 0.05) is 18.7 Å². The molecule has 0 bridgehead atoms. The summed E-state index contributed by atoms with van der Waals surface area (Å²) in [4.78, 5) is 17.3. The van der Waals surface area contributed by atoms with Crippen LogP contribution in [-0.2, 0) is 6.54 Å². The number of rotatable bonds is 3. The molecule has 1 aromatic heterocycles. The number of nitrogens with zero attached hydrogens (tertiary/aromatic N) is 2. The molecule has 1 aliphatic rings. The normalized spacial score (nSPS) is 13.8. The monoisotopic (exact) mass is 404 g/mol. The van der Waals surface area contributed by atoms with E-state index in [1.165, 1.54) is 23.5 Å². The van der Waals surface area contributed by atoms with E-state index in [0.717, 1.165) is 16.3 Å². The van der Waals surface area contributed by atoms with E-state index in [4.69, 9.17) is 21.1 Å². The summed E-state index contributed by atoms with van der Waals surface area (Å²) in [6.07, 6.45) is 1.72. The predicted molar refractivity (Wildman–Crippen MR) is 102 cm³/mol. The van der Waals surface area contributed by atoms with Gasteiger partial charge in [-0.2, -0.15) is 4.99 Å². The van der Waals surface area contributed by atoms with Gasteiger partial charge in [0.25, 0.3) is 5.91 Å². The average molecular weight is 405 g/mol. The van der Waals surface area contributed by atoms with Gasteiger partial charge in [0.2, 0.25) is 0 Å². The van der Waals surface area contributed by atoms with Crippen molar-refractivity contribution in [1.29, 1.82) is 0 Å². The Morgan fingerprint density at radius 3 is 2.74 bits per heavy atom. The van der Waals surface area contributed by atoms with Gasteiger partial charge >= 0.3 is 0 Å². The van der Waals surface area contributed by atoms with Crippen LogP contribution in [0.25, 0.3) is 10.2 Å². The second kappa shape index (κ2) is 7.17. The number of hydrogen-bond donors (Lipinski definition) is 0. The first kappa shape index (κ1) is 17.8. The summed E-state index contributed by atoms with van der Waals surface area (Å²) in [5.74, 6) is 0.274. The Morgan fingerprint density at radius 1 is 1.30 bits per heavy atom. The number of carbonyl (C=O) groups excluding carboxylic acids is 1. The van der Waals surface area contributed by atoms with Crippen molar-refractivity contribution in [3.8, 4) is 11.5 Å². The Balaban J connectivity index is 1.86. The molecule has 138 valence electrons. The van der Waals surface area contributed by atoms with Gasteiger partial charge in [-0.15, -0.1) is 6.58 Å². The lowest BCUT2D eigenvalue weighted by Crippen LogP contribution is -2.17. The van der Waals surface area contributed by atoms with Crippen molar-refractivity contribution in [3.63, 3.8) is 0 Å². The molecule has 0 saturated carbocycles. The zero-order chi connectivity index (χ0) is 19.0. The number of thiazole rings is 1. The number of hydrogen-bond acceptors (Lipinski definition) is 4. The summed E-state index contributed by atoms with van der Waals surface area (Å²) in [5.41, 5.74) is 1.01. The highest BCUT2D eigenvalue weighted by Gasteiger charge is 2.17. The Hall–Kier alpha value is -2.64. The predicted octanol–water partition coefficient (Wildman–Crippen LogP) is 4.19. The molecule has 2 aromatic carbocycles. The van der Waals surface area contributed by atoms with Crippen molar-refractivity contribution < 1.29 is 18.7 Å². The van der Waals surface area contributed by atoms with Gasteiger partial charge in [-0.3, -0.25) is 4.79 Å². The van der Waals surface area contributed by atoms with Crippen LogP contribution in [-0.4, -0.2) is 23.7 Å². The number of ether oxygens (including phenoxy) is 2. The number of carbonyl (C=O) groups is 1. The van der Waals surface area contributed by atoms with Crippen LogP contribution in [0.1, 0.15) is 10.4 Å². The molecule has 4 rings (SSSR count). The standard InChI is InChI=1S/C19H14ClFN2O3S/c1-2-5-23-14-9-15-16(26-7-6-25-15)10-17(14)27-19(23)22-18(24)12-4-3-11(21)8-13(12)20/h2-4,8-10H,1,5-7H2. The highest BCUT2D eigenvalue weighted by atomic mass is 35.5. The zero-order valence-corrected chi connectivity index (χ0v) is 15.6. The number of aromatic nitrogens is 1. The first-order valence-electron chi connectivity index (χ1n) is 8.15. The van der Waals surface area contributed by atoms with Gasteiger partial charge in [0.1, 0.15) is 19.0 Å². The maximum absolute atomic E-state index is 13.2. The summed E-state index contributed by atoms with van der Waals surface area (Å²) in [5, 5.41) is 0.0254. The van der Waals surface area contributed by atoms with Crippen LogP contribution in [0.2, 0.25) is 5.02 Å². The third-order valence-corrected chi connectivity index (χ3v) is 5.37. The van der Waals surface area contributed by atoms with Crippen LogP contribution in [0.4, 0.5) is 4.39 Å². The summed E-state index contributed by atoms with van der Waals surface area (Å²) < 4.78 is 27.3. The maximum Gasteiger partial charge on any atom is 0.281 e. The van der Waals surface area contributed by atoms with Gasteiger partial charge in [-0.25, -0.2) is 4.39 Å². The minimum atomic E-state index is -0.540. The van der Waals surface area contributed by atoms with Crippen molar-refractivity contribution in [2.24, 2.45) is 4.99 Å². The van der Waals surface area contributed by atoms with Crippen molar-refractivity contribution in [1.82, 2.24) is 4.57 Å². The van der Waals surface area contributed by atoms with Crippen molar-refractivity contribution in [3.05, 3.63) is 64.2 Å². The van der Waals surface area contributed by atoms with Crippen LogP contribution >= 0.6 is 22.9 Å². The van der Waals surface area contributed by atoms with E-state index >= 15 is 0 Å². The number of halogens is 2. The molecule has 0 radical (unpaired) electrons. The third-order valence-electron chi connectivity index (χ3n) is 4.02. The van der Waals surface area contributed by atoms with Gasteiger partial charge in [0.15, 0.2) is 16.3 Å². The molecule has 3 aromatic rings. The minimum Gasteiger partial charge on any atom is -0.486 e. The molecule has 0 N–H and O–H groups in total. The molecular weight excluding hydrogens is 391 g/mol. The van der Waals surface area contributed by atoms with Crippen molar-refractivity contribution in [2.75, 3.05) is 13.2 Å². The second-order valence-electron chi connectivity index (χ2n) is 5.79. The molecule has 0 fully saturated rings. The summed E-state index contributed by atoms with van der Waals surface area (Å²) >= 11 is 7.33. The van der Waals surface area contributed by atoms with E-state index in [1.807, 2.05) is 16.7 Å². The number of fused-ring (bicyclic) bond motifs is 2. The molecule has 0 atom stereocenters. The first-order chi connectivity index (χ1) is 13.1. The van der Waals surface area contributed by atoms with Crippen LogP contribution in [0.5, 0.6) is 11.5 Å². The lowest BCUT2D eigenvalue weighted by Gasteiger charge is -2.18. The van der Waals surface area contributed by atoms with Gasteiger partial charge in [0.05, 0.1) is 20.8 Å². The van der Waals surface area contributed by atoms with E-state index < -0.39 is 11.7 Å². The van der Waals surface area contributed by atoms with Crippen LogP contribution in [0.3, 0.4) is 0 Å². The molecule has 1 amide bonds. The quantitative estimate of drug-likeness (QED) is 0.615. The number of benzene rings is 2. The fraction of sp³-hybridized carbons (Fsp3) is 0.158. The minimum absolute atomic E-state index is 0.0254. The Morgan fingerprint density at radius 2 is 2.04 bits per heavy atom. The van der Waals surface area contributed by atoms with Gasteiger partial charge in [-0.05, 0) is 18.2 Å². The van der Waals surface area contributed by atoms with Crippen molar-refractivity contribution >= 4 is 39.1 Å². The molecule has 5 nitrogen and oxygen atoms in total. The maximum atomic E-state index is 13.2. The average Bonchev–Trinajstić information content (AvgIpc) is 2.96. The Labute approximate surface area is 162 Å². The highest BCUT2D eigenvalue weighted by molar-refractivity contribution is 7.16. The molecule has 2 heterocycles. The topological polar surface area (TPSA) is 52.8 Å². The zero-order valence-electron chi connectivity index (χ0n) is 14.1. The fourth-order valence-corrected chi connectivity index (χ4v) is 4.10. The first-order valence-corrected chi connectivity index (χ1v) is 9.34. The molecule has 8 heteroatoms. The SMILES string of the molecule is C=CCn1c(=NC(=O)c2ccc(F)cc2Cl)sc2cc3c(cc21)OCCO3. The van der Waals surface area contributed by atoms with E-state index in [0.29, 0.717) is 36.1 Å². The van der Waals surface area contributed by atoms with Gasteiger partial charge < -0.3 is 14.0 Å². The highest BCUT2D eigenvalue weighted by Crippen LogP contribution is 2.35. The molecule has 0 aliphatic carbocycles. The summed E-state index contributed by atoms with van der Waals surface area (Å²) in [7, 11) is 0.